The summed E-state index contributed by atoms with van der Waals surface area (Å²) in [6, 6.07) is 0. The first-order valence-corrected chi connectivity index (χ1v) is 6.93. The lowest BCUT2D eigenvalue weighted by Crippen LogP contribution is -2.41. The van der Waals surface area contributed by atoms with Crippen molar-refractivity contribution in [3.8, 4) is 0 Å². The highest BCUT2D eigenvalue weighted by Gasteiger charge is 2.63. The van der Waals surface area contributed by atoms with Gasteiger partial charge < -0.3 is 14.2 Å². The van der Waals surface area contributed by atoms with E-state index in [2.05, 4.69) is 20.8 Å². The molecule has 0 amide bonds. The minimum atomic E-state index is 0.0103. The number of fused-ring (bicyclic) bond motifs is 1. The van der Waals surface area contributed by atoms with Crippen molar-refractivity contribution in [2.75, 3.05) is 6.61 Å². The summed E-state index contributed by atoms with van der Waals surface area (Å²) in [6.07, 6.45) is 6.23. The Balaban J connectivity index is 1.62. The Labute approximate surface area is 104 Å². The maximum absolute atomic E-state index is 6.14. The van der Waals surface area contributed by atoms with Crippen molar-refractivity contribution in [1.82, 2.24) is 0 Å². The Hall–Kier alpha value is -0.120. The zero-order valence-corrected chi connectivity index (χ0v) is 11.2. The van der Waals surface area contributed by atoms with Crippen LogP contribution in [-0.2, 0) is 14.2 Å². The first kappa shape index (κ1) is 11.9. The van der Waals surface area contributed by atoms with Gasteiger partial charge in [-0.1, -0.05) is 13.8 Å². The van der Waals surface area contributed by atoms with Crippen molar-refractivity contribution in [2.45, 2.75) is 77.0 Å². The molecule has 17 heavy (non-hydrogen) atoms. The fraction of sp³-hybridized carbons (Fsp3) is 1.00. The van der Waals surface area contributed by atoms with Crippen molar-refractivity contribution in [3.63, 3.8) is 0 Å². The van der Waals surface area contributed by atoms with Gasteiger partial charge in [0, 0.05) is 6.61 Å². The van der Waals surface area contributed by atoms with Gasteiger partial charge >= 0.3 is 0 Å². The number of epoxide rings is 1. The minimum Gasteiger partial charge on any atom is -0.364 e. The quantitative estimate of drug-likeness (QED) is 0.695. The molecule has 0 aromatic rings. The third-order valence-electron chi connectivity index (χ3n) is 4.33. The van der Waals surface area contributed by atoms with E-state index < -0.39 is 0 Å². The molecule has 4 atom stereocenters. The normalized spacial score (nSPS) is 48.5. The van der Waals surface area contributed by atoms with E-state index in [1.165, 1.54) is 12.8 Å². The molecular weight excluding hydrogens is 216 g/mol. The zero-order chi connectivity index (χ0) is 12.1. The maximum atomic E-state index is 6.14. The second kappa shape index (κ2) is 3.94. The topological polar surface area (TPSA) is 31.0 Å². The predicted octanol–water partition coefficient (Wildman–Crippen LogP) is 2.88. The van der Waals surface area contributed by atoms with Crippen LogP contribution >= 0.6 is 0 Å². The van der Waals surface area contributed by atoms with Gasteiger partial charge in [-0.05, 0) is 44.4 Å². The second-order valence-corrected chi connectivity index (χ2v) is 6.87. The minimum absolute atomic E-state index is 0.0103. The predicted molar refractivity (Wildman–Crippen MR) is 64.8 cm³/mol. The highest BCUT2D eigenvalue weighted by molar-refractivity contribution is 5.11. The molecule has 0 unspecified atom stereocenters. The number of rotatable bonds is 2. The summed E-state index contributed by atoms with van der Waals surface area (Å²) >= 11 is 0. The van der Waals surface area contributed by atoms with Crippen LogP contribution in [0, 0.1) is 5.41 Å². The highest BCUT2D eigenvalue weighted by atomic mass is 16.7. The van der Waals surface area contributed by atoms with Gasteiger partial charge in [0.1, 0.15) is 6.10 Å². The molecule has 0 N–H and O–H groups in total. The molecule has 98 valence electrons. The van der Waals surface area contributed by atoms with Gasteiger partial charge in [-0.3, -0.25) is 0 Å². The van der Waals surface area contributed by atoms with E-state index >= 15 is 0 Å². The van der Waals surface area contributed by atoms with Crippen LogP contribution in [0.1, 0.15) is 52.9 Å². The molecule has 0 aromatic heterocycles. The Morgan fingerprint density at radius 2 is 2.00 bits per heavy atom. The summed E-state index contributed by atoms with van der Waals surface area (Å²) in [4.78, 5) is 0. The summed E-state index contributed by atoms with van der Waals surface area (Å²) in [5.74, 6) is 0. The molecule has 3 aliphatic rings. The van der Waals surface area contributed by atoms with E-state index in [1.54, 1.807) is 0 Å². The van der Waals surface area contributed by atoms with Crippen molar-refractivity contribution in [1.29, 1.82) is 0 Å². The molecule has 2 aliphatic heterocycles. The molecule has 0 bridgehead atoms. The van der Waals surface area contributed by atoms with Crippen molar-refractivity contribution >= 4 is 0 Å². The van der Waals surface area contributed by atoms with Crippen molar-refractivity contribution in [2.24, 2.45) is 5.41 Å². The third kappa shape index (κ3) is 2.38. The summed E-state index contributed by atoms with van der Waals surface area (Å²) in [6.45, 7) is 7.70. The molecule has 3 rings (SSSR count). The van der Waals surface area contributed by atoms with Gasteiger partial charge in [0.2, 0.25) is 0 Å². The molecule has 2 heterocycles. The van der Waals surface area contributed by atoms with E-state index in [4.69, 9.17) is 14.2 Å². The molecule has 0 radical (unpaired) electrons. The van der Waals surface area contributed by atoms with Crippen LogP contribution in [0.5, 0.6) is 0 Å². The second-order valence-electron chi connectivity index (χ2n) is 6.87. The van der Waals surface area contributed by atoms with Crippen LogP contribution in [0.15, 0.2) is 0 Å². The fourth-order valence-corrected chi connectivity index (χ4v) is 3.67. The van der Waals surface area contributed by atoms with Crippen LogP contribution in [0.4, 0.5) is 0 Å². The van der Waals surface area contributed by atoms with Gasteiger partial charge in [-0.25, -0.2) is 0 Å². The molecule has 3 nitrogen and oxygen atoms in total. The Kier molecular flexibility index (Phi) is 2.77. The van der Waals surface area contributed by atoms with Crippen LogP contribution in [0.3, 0.4) is 0 Å². The molecule has 1 aliphatic carbocycles. The van der Waals surface area contributed by atoms with Crippen molar-refractivity contribution < 1.29 is 14.2 Å². The van der Waals surface area contributed by atoms with Crippen LogP contribution < -0.4 is 0 Å². The number of hydrogen-bond donors (Lipinski definition) is 0. The molecule has 3 fully saturated rings. The van der Waals surface area contributed by atoms with Crippen LogP contribution in [-0.4, -0.2) is 30.7 Å². The lowest BCUT2D eigenvalue weighted by atomic mass is 9.71. The highest BCUT2D eigenvalue weighted by Crippen LogP contribution is 2.55. The van der Waals surface area contributed by atoms with E-state index in [0.717, 1.165) is 25.9 Å². The van der Waals surface area contributed by atoms with Gasteiger partial charge in [-0.15, -0.1) is 0 Å². The SMILES string of the molecule is CC1(C)C[C@H](O[C@@H]2CCCCO2)[C@H]2O[C@]2(C)C1. The van der Waals surface area contributed by atoms with E-state index in [0.29, 0.717) is 11.5 Å². The Bertz CT molecular complexity index is 293. The lowest BCUT2D eigenvalue weighted by Gasteiger charge is -2.37. The van der Waals surface area contributed by atoms with E-state index in [1.807, 2.05) is 0 Å². The standard InChI is InChI=1S/C14H24O3/c1-13(2)8-10(12-14(3,9-13)17-12)16-11-6-4-5-7-15-11/h10-12H,4-9H2,1-3H3/t10-,11+,12+,14+/m0/s1. The molecule has 0 spiro atoms. The number of ether oxygens (including phenoxy) is 3. The van der Waals surface area contributed by atoms with Crippen molar-refractivity contribution in [3.05, 3.63) is 0 Å². The summed E-state index contributed by atoms with van der Waals surface area (Å²) in [5, 5.41) is 0. The Morgan fingerprint density at radius 1 is 1.18 bits per heavy atom. The average molecular weight is 240 g/mol. The summed E-state index contributed by atoms with van der Waals surface area (Å²) in [5.41, 5.74) is 0.391. The number of hydrogen-bond acceptors (Lipinski definition) is 3. The van der Waals surface area contributed by atoms with E-state index in [9.17, 15) is 0 Å². The third-order valence-corrected chi connectivity index (χ3v) is 4.33. The van der Waals surface area contributed by atoms with Gasteiger partial charge in [0.15, 0.2) is 6.29 Å². The van der Waals surface area contributed by atoms with Gasteiger partial charge in [0.25, 0.3) is 0 Å². The molecule has 0 aromatic carbocycles. The van der Waals surface area contributed by atoms with E-state index in [-0.39, 0.29) is 18.0 Å². The first-order valence-electron chi connectivity index (χ1n) is 6.93. The van der Waals surface area contributed by atoms with Gasteiger partial charge in [-0.2, -0.15) is 0 Å². The monoisotopic (exact) mass is 240 g/mol. The van der Waals surface area contributed by atoms with Crippen LogP contribution in [0.2, 0.25) is 0 Å². The van der Waals surface area contributed by atoms with Crippen LogP contribution in [0.25, 0.3) is 0 Å². The summed E-state index contributed by atoms with van der Waals surface area (Å²) < 4.78 is 17.7. The molecular formula is C14H24O3. The Morgan fingerprint density at radius 3 is 2.71 bits per heavy atom. The molecule has 2 saturated heterocycles. The molecule has 3 heteroatoms. The molecule has 1 saturated carbocycles. The maximum Gasteiger partial charge on any atom is 0.158 e. The zero-order valence-electron chi connectivity index (χ0n) is 11.2. The first-order chi connectivity index (χ1) is 7.99. The largest absolute Gasteiger partial charge is 0.364 e. The summed E-state index contributed by atoms with van der Waals surface area (Å²) in [7, 11) is 0. The average Bonchev–Trinajstić information content (AvgIpc) is 2.89. The fourth-order valence-electron chi connectivity index (χ4n) is 3.67. The van der Waals surface area contributed by atoms with Gasteiger partial charge in [0.05, 0.1) is 11.7 Å². The smallest absolute Gasteiger partial charge is 0.158 e. The lowest BCUT2D eigenvalue weighted by molar-refractivity contribution is -0.199.